The van der Waals surface area contributed by atoms with Gasteiger partial charge in [-0.2, -0.15) is 0 Å². The summed E-state index contributed by atoms with van der Waals surface area (Å²) in [6.45, 7) is 16.7. The van der Waals surface area contributed by atoms with Crippen molar-refractivity contribution in [2.75, 3.05) is 19.7 Å². The van der Waals surface area contributed by atoms with Crippen molar-refractivity contribution in [3.05, 3.63) is 35.4 Å². The fourth-order valence-electron chi connectivity index (χ4n) is 3.23. The highest BCUT2D eigenvalue weighted by atomic mass is 16.5. The lowest BCUT2D eigenvalue weighted by Crippen LogP contribution is -2.48. The van der Waals surface area contributed by atoms with Crippen molar-refractivity contribution in [1.82, 2.24) is 4.90 Å². The van der Waals surface area contributed by atoms with E-state index in [0.29, 0.717) is 18.1 Å². The summed E-state index contributed by atoms with van der Waals surface area (Å²) >= 11 is 0. The number of hydrogen-bond acceptors (Lipinski definition) is 2. The maximum atomic E-state index is 5.72. The van der Waals surface area contributed by atoms with Crippen LogP contribution in [-0.2, 0) is 16.6 Å². The van der Waals surface area contributed by atoms with E-state index in [9.17, 15) is 0 Å². The molecule has 2 heteroatoms. The molecule has 0 bridgehead atoms. The molecule has 1 aromatic carbocycles. The lowest BCUT2D eigenvalue weighted by Gasteiger charge is -2.38. The normalized spacial score (nSPS) is 25.2. The Morgan fingerprint density at radius 1 is 1.18 bits per heavy atom. The Morgan fingerprint density at radius 3 is 2.41 bits per heavy atom. The quantitative estimate of drug-likeness (QED) is 0.823. The molecule has 2 nitrogen and oxygen atoms in total. The molecule has 1 aliphatic heterocycles. The van der Waals surface area contributed by atoms with Gasteiger partial charge in [-0.15, -0.1) is 0 Å². The predicted octanol–water partition coefficient (Wildman–Crippen LogP) is 4.27. The van der Waals surface area contributed by atoms with Gasteiger partial charge in [0.15, 0.2) is 0 Å². The van der Waals surface area contributed by atoms with Crippen molar-refractivity contribution in [2.45, 2.75) is 65.5 Å². The largest absolute Gasteiger partial charge is 0.376 e. The molecule has 22 heavy (non-hydrogen) atoms. The van der Waals surface area contributed by atoms with Crippen LogP contribution in [0.25, 0.3) is 0 Å². The molecular formula is C20H33NO. The van der Waals surface area contributed by atoms with Gasteiger partial charge in [-0.1, -0.05) is 52.0 Å². The van der Waals surface area contributed by atoms with Gasteiger partial charge in [-0.05, 0) is 42.7 Å². The molecule has 1 heterocycles. The molecule has 2 rings (SSSR count). The Balaban J connectivity index is 1.90. The predicted molar refractivity (Wildman–Crippen MR) is 94.5 cm³/mol. The summed E-state index contributed by atoms with van der Waals surface area (Å²) in [5.74, 6) is 0.674. The third kappa shape index (κ3) is 4.82. The van der Waals surface area contributed by atoms with E-state index in [-0.39, 0.29) is 5.41 Å². The highest BCUT2D eigenvalue weighted by Gasteiger charge is 2.24. The molecule has 0 radical (unpaired) electrons. The molecule has 0 aliphatic carbocycles. The zero-order valence-electron chi connectivity index (χ0n) is 15.2. The van der Waals surface area contributed by atoms with E-state index in [1.54, 1.807) is 0 Å². The molecule has 1 aromatic rings. The smallest absolute Gasteiger partial charge is 0.0674 e. The van der Waals surface area contributed by atoms with Crippen molar-refractivity contribution in [2.24, 2.45) is 5.92 Å². The molecule has 124 valence electrons. The van der Waals surface area contributed by atoms with E-state index in [0.717, 1.165) is 26.1 Å². The minimum absolute atomic E-state index is 0.240. The highest BCUT2D eigenvalue weighted by molar-refractivity contribution is 5.27. The molecule has 1 fully saturated rings. The van der Waals surface area contributed by atoms with Crippen LogP contribution >= 0.6 is 0 Å². The van der Waals surface area contributed by atoms with Crippen LogP contribution in [0, 0.1) is 5.92 Å². The van der Waals surface area contributed by atoms with Gasteiger partial charge in [0.25, 0.3) is 0 Å². The zero-order chi connectivity index (χ0) is 16.3. The summed E-state index contributed by atoms with van der Waals surface area (Å²) in [5.41, 5.74) is 3.11. The first-order chi connectivity index (χ1) is 10.3. The van der Waals surface area contributed by atoms with Gasteiger partial charge >= 0.3 is 0 Å². The number of benzene rings is 1. The lowest BCUT2D eigenvalue weighted by atomic mass is 9.86. The number of hydrogen-bond donors (Lipinski definition) is 0. The maximum Gasteiger partial charge on any atom is 0.0674 e. The van der Waals surface area contributed by atoms with Gasteiger partial charge in [-0.3, -0.25) is 4.90 Å². The third-order valence-corrected chi connectivity index (χ3v) is 4.69. The average Bonchev–Trinajstić information content (AvgIpc) is 2.42. The fraction of sp³-hybridized carbons (Fsp3) is 0.700. The maximum absolute atomic E-state index is 5.72. The Labute approximate surface area is 136 Å². The molecular weight excluding hydrogens is 270 g/mol. The van der Waals surface area contributed by atoms with E-state index in [1.165, 1.54) is 11.1 Å². The van der Waals surface area contributed by atoms with Crippen molar-refractivity contribution >= 4 is 0 Å². The van der Waals surface area contributed by atoms with Crippen LogP contribution in [0.4, 0.5) is 0 Å². The first kappa shape index (κ1) is 17.5. The highest BCUT2D eigenvalue weighted by Crippen LogP contribution is 2.23. The zero-order valence-corrected chi connectivity index (χ0v) is 15.2. The molecule has 1 saturated heterocycles. The van der Waals surface area contributed by atoms with Crippen LogP contribution in [-0.4, -0.2) is 36.7 Å². The Bertz CT molecular complexity index is 460. The molecule has 1 aliphatic rings. The second kappa shape index (κ2) is 7.14. The molecule has 3 atom stereocenters. The van der Waals surface area contributed by atoms with Crippen LogP contribution < -0.4 is 0 Å². The summed E-state index contributed by atoms with van der Waals surface area (Å²) in [7, 11) is 0. The van der Waals surface area contributed by atoms with Gasteiger partial charge in [0, 0.05) is 19.1 Å². The molecule has 0 amide bonds. The third-order valence-electron chi connectivity index (χ3n) is 4.69. The van der Waals surface area contributed by atoms with Crippen LogP contribution in [0.3, 0.4) is 0 Å². The van der Waals surface area contributed by atoms with Crippen LogP contribution in [0.15, 0.2) is 24.3 Å². The SMILES string of the molecule is CC(Cc1ccc(C(C)(C)C)cc1)CN1C[C@@H](C)OC[C@H]1C. The van der Waals surface area contributed by atoms with Gasteiger partial charge in [0.05, 0.1) is 12.7 Å². The Kier molecular flexibility index (Phi) is 5.68. The standard InChI is InChI=1S/C20H33NO/c1-15(12-21-13-17(3)22-14-16(21)2)11-18-7-9-19(10-8-18)20(4,5)6/h7-10,15-17H,11-14H2,1-6H3/t15?,16-,17-/m1/s1. The Hall–Kier alpha value is -0.860. The van der Waals surface area contributed by atoms with E-state index < -0.39 is 0 Å². The molecule has 0 spiro atoms. The Morgan fingerprint density at radius 2 is 1.82 bits per heavy atom. The first-order valence-corrected chi connectivity index (χ1v) is 8.70. The van der Waals surface area contributed by atoms with E-state index >= 15 is 0 Å². The van der Waals surface area contributed by atoms with Crippen LogP contribution in [0.1, 0.15) is 52.7 Å². The monoisotopic (exact) mass is 303 g/mol. The number of ether oxygens (including phenoxy) is 1. The van der Waals surface area contributed by atoms with Crippen molar-refractivity contribution in [3.63, 3.8) is 0 Å². The van der Waals surface area contributed by atoms with E-state index in [1.807, 2.05) is 0 Å². The summed E-state index contributed by atoms with van der Waals surface area (Å²) in [6, 6.07) is 9.75. The van der Waals surface area contributed by atoms with Crippen LogP contribution in [0.5, 0.6) is 0 Å². The van der Waals surface area contributed by atoms with E-state index in [2.05, 4.69) is 70.7 Å². The summed E-state index contributed by atoms with van der Waals surface area (Å²) < 4.78 is 5.72. The van der Waals surface area contributed by atoms with Gasteiger partial charge in [-0.25, -0.2) is 0 Å². The molecule has 0 aromatic heterocycles. The van der Waals surface area contributed by atoms with Crippen LogP contribution in [0.2, 0.25) is 0 Å². The summed E-state index contributed by atoms with van der Waals surface area (Å²) in [6.07, 6.45) is 1.53. The lowest BCUT2D eigenvalue weighted by molar-refractivity contribution is -0.0534. The molecule has 0 N–H and O–H groups in total. The summed E-state index contributed by atoms with van der Waals surface area (Å²) in [5, 5.41) is 0. The van der Waals surface area contributed by atoms with Crippen molar-refractivity contribution in [1.29, 1.82) is 0 Å². The van der Waals surface area contributed by atoms with Gasteiger partial charge in [0.2, 0.25) is 0 Å². The number of nitrogens with zero attached hydrogens (tertiary/aromatic N) is 1. The average molecular weight is 303 g/mol. The van der Waals surface area contributed by atoms with Crippen molar-refractivity contribution < 1.29 is 4.74 Å². The second-order valence-electron chi connectivity index (χ2n) is 8.20. The number of morpholine rings is 1. The van der Waals surface area contributed by atoms with Gasteiger partial charge < -0.3 is 4.74 Å². The first-order valence-electron chi connectivity index (χ1n) is 8.70. The minimum Gasteiger partial charge on any atom is -0.376 e. The second-order valence-corrected chi connectivity index (χ2v) is 8.20. The molecule has 0 saturated carbocycles. The number of rotatable bonds is 4. The van der Waals surface area contributed by atoms with E-state index in [4.69, 9.17) is 4.74 Å². The van der Waals surface area contributed by atoms with Crippen molar-refractivity contribution in [3.8, 4) is 0 Å². The topological polar surface area (TPSA) is 12.5 Å². The van der Waals surface area contributed by atoms with Gasteiger partial charge in [0.1, 0.15) is 0 Å². The summed E-state index contributed by atoms with van der Waals surface area (Å²) in [4.78, 5) is 2.59. The minimum atomic E-state index is 0.240. The molecule has 1 unspecified atom stereocenters. The fourth-order valence-corrected chi connectivity index (χ4v) is 3.23.